The number of hydrogen-bond acceptors (Lipinski definition) is 1. The maximum Gasteiger partial charge on any atom is 0.0676 e. The van der Waals surface area contributed by atoms with Gasteiger partial charge in [0, 0.05) is 33.6 Å². The van der Waals surface area contributed by atoms with Gasteiger partial charge < -0.3 is 4.74 Å². The van der Waals surface area contributed by atoms with Crippen LogP contribution in [0.4, 0.5) is 0 Å². The molecule has 0 aliphatic carbocycles. The van der Waals surface area contributed by atoms with E-state index < -0.39 is 11.2 Å². The van der Waals surface area contributed by atoms with Gasteiger partial charge in [-0.3, -0.25) is 0 Å². The predicted octanol–water partition coefficient (Wildman–Crippen LogP) is 8.06. The second kappa shape index (κ2) is 10.7. The van der Waals surface area contributed by atoms with Crippen LogP contribution in [0.25, 0.3) is 0 Å². The molecule has 2 aromatic carbocycles. The lowest BCUT2D eigenvalue weighted by atomic mass is 9.82. The SMILES string of the molecule is CC(C)(OC(C)(C)C(CCl)Cc1ccccc1Cl)C(CCl)Cc1ccccc1Cl. The van der Waals surface area contributed by atoms with Crippen molar-refractivity contribution in [3.63, 3.8) is 0 Å². The molecule has 0 aromatic heterocycles. The maximum atomic E-state index is 6.70. The highest BCUT2D eigenvalue weighted by molar-refractivity contribution is 6.31. The molecule has 0 saturated carbocycles. The summed E-state index contributed by atoms with van der Waals surface area (Å²) in [6, 6.07) is 15.8. The second-order valence-corrected chi connectivity index (χ2v) is 10.0. The zero-order valence-electron chi connectivity index (χ0n) is 17.5. The smallest absolute Gasteiger partial charge is 0.0676 e. The summed E-state index contributed by atoms with van der Waals surface area (Å²) in [4.78, 5) is 0. The van der Waals surface area contributed by atoms with Crippen molar-refractivity contribution < 1.29 is 4.74 Å². The lowest BCUT2D eigenvalue weighted by Crippen LogP contribution is -2.48. The molecular formula is C24H30Cl4O. The number of hydrogen-bond donors (Lipinski definition) is 0. The lowest BCUT2D eigenvalue weighted by molar-refractivity contribution is -0.166. The van der Waals surface area contributed by atoms with Crippen LogP contribution in [0.2, 0.25) is 10.0 Å². The maximum absolute atomic E-state index is 6.70. The Morgan fingerprint density at radius 1 is 0.690 bits per heavy atom. The van der Waals surface area contributed by atoms with E-state index in [0.29, 0.717) is 11.8 Å². The van der Waals surface area contributed by atoms with E-state index in [2.05, 4.69) is 27.7 Å². The monoisotopic (exact) mass is 474 g/mol. The molecule has 0 spiro atoms. The third-order valence-electron chi connectivity index (χ3n) is 5.71. The molecule has 0 heterocycles. The minimum atomic E-state index is -0.463. The van der Waals surface area contributed by atoms with Crippen LogP contribution in [0.1, 0.15) is 38.8 Å². The Labute approximate surface area is 195 Å². The zero-order chi connectivity index (χ0) is 21.7. The van der Waals surface area contributed by atoms with Crippen molar-refractivity contribution in [2.45, 2.75) is 51.7 Å². The molecule has 0 radical (unpaired) electrons. The summed E-state index contributed by atoms with van der Waals surface area (Å²) in [5, 5.41) is 1.52. The molecule has 0 amide bonds. The molecule has 2 rings (SSSR count). The molecule has 2 atom stereocenters. The molecule has 0 aliphatic rings. The fourth-order valence-electron chi connectivity index (χ4n) is 3.68. The number of alkyl halides is 2. The molecule has 0 saturated heterocycles. The average molecular weight is 476 g/mol. The highest BCUT2D eigenvalue weighted by Crippen LogP contribution is 2.37. The van der Waals surface area contributed by atoms with Crippen molar-refractivity contribution in [1.29, 1.82) is 0 Å². The first-order chi connectivity index (χ1) is 13.6. The molecule has 29 heavy (non-hydrogen) atoms. The Bertz CT molecular complexity index is 722. The largest absolute Gasteiger partial charge is 0.369 e. The Balaban J connectivity index is 2.17. The van der Waals surface area contributed by atoms with Crippen molar-refractivity contribution in [2.24, 2.45) is 11.8 Å². The van der Waals surface area contributed by atoms with Crippen LogP contribution in [0.15, 0.2) is 48.5 Å². The molecule has 2 unspecified atom stereocenters. The van der Waals surface area contributed by atoms with Crippen molar-refractivity contribution in [3.8, 4) is 0 Å². The first-order valence-electron chi connectivity index (χ1n) is 9.89. The van der Waals surface area contributed by atoms with Crippen LogP contribution < -0.4 is 0 Å². The van der Waals surface area contributed by atoms with Gasteiger partial charge in [-0.1, -0.05) is 59.6 Å². The van der Waals surface area contributed by atoms with Crippen molar-refractivity contribution >= 4 is 46.4 Å². The summed E-state index contributed by atoms with van der Waals surface area (Å²) in [5.74, 6) is 1.15. The van der Waals surface area contributed by atoms with E-state index in [4.69, 9.17) is 51.1 Å². The summed E-state index contributed by atoms with van der Waals surface area (Å²) >= 11 is 25.5. The van der Waals surface area contributed by atoms with E-state index in [1.54, 1.807) is 0 Å². The zero-order valence-corrected chi connectivity index (χ0v) is 20.5. The van der Waals surface area contributed by atoms with Gasteiger partial charge in [0.1, 0.15) is 0 Å². The Morgan fingerprint density at radius 2 is 1.03 bits per heavy atom. The van der Waals surface area contributed by atoms with E-state index in [9.17, 15) is 0 Å². The minimum Gasteiger partial charge on any atom is -0.369 e. The first kappa shape index (κ1) is 24.8. The van der Waals surface area contributed by atoms with Crippen LogP contribution in [-0.2, 0) is 17.6 Å². The van der Waals surface area contributed by atoms with Gasteiger partial charge in [-0.05, 0) is 63.8 Å². The van der Waals surface area contributed by atoms with Crippen LogP contribution >= 0.6 is 46.4 Å². The summed E-state index contributed by atoms with van der Waals surface area (Å²) in [6.45, 7) is 8.39. The molecule has 0 aliphatic heterocycles. The van der Waals surface area contributed by atoms with Crippen molar-refractivity contribution in [3.05, 3.63) is 69.7 Å². The highest BCUT2D eigenvalue weighted by Gasteiger charge is 2.40. The van der Waals surface area contributed by atoms with Gasteiger partial charge in [-0.25, -0.2) is 0 Å². The summed E-state index contributed by atoms with van der Waals surface area (Å²) in [7, 11) is 0. The van der Waals surface area contributed by atoms with Crippen LogP contribution in [0.3, 0.4) is 0 Å². The highest BCUT2D eigenvalue weighted by atomic mass is 35.5. The molecule has 160 valence electrons. The topological polar surface area (TPSA) is 9.23 Å². The standard InChI is InChI=1S/C24H30Cl4O/c1-23(2,19(15-25)13-17-9-5-7-11-21(17)27)29-24(3,4)20(16-26)14-18-10-6-8-12-22(18)28/h5-12,19-20H,13-16H2,1-4H3. The number of rotatable bonds is 10. The molecule has 0 N–H and O–H groups in total. The van der Waals surface area contributed by atoms with Crippen LogP contribution in [0, 0.1) is 11.8 Å². The van der Waals surface area contributed by atoms with Gasteiger partial charge in [0.2, 0.25) is 0 Å². The molecule has 0 fully saturated rings. The van der Waals surface area contributed by atoms with Gasteiger partial charge in [0.15, 0.2) is 0 Å². The van der Waals surface area contributed by atoms with Crippen LogP contribution in [0.5, 0.6) is 0 Å². The second-order valence-electron chi connectivity index (χ2n) is 8.60. The Kier molecular flexibility index (Phi) is 9.19. The minimum absolute atomic E-state index is 0.0969. The molecular weight excluding hydrogens is 446 g/mol. The summed E-state index contributed by atoms with van der Waals surface area (Å²) < 4.78 is 6.70. The Morgan fingerprint density at radius 3 is 1.34 bits per heavy atom. The van der Waals surface area contributed by atoms with Gasteiger partial charge in [-0.2, -0.15) is 0 Å². The summed E-state index contributed by atoms with van der Waals surface area (Å²) in [5.41, 5.74) is 1.24. The first-order valence-corrected chi connectivity index (χ1v) is 11.7. The van der Waals surface area contributed by atoms with E-state index in [-0.39, 0.29) is 11.8 Å². The van der Waals surface area contributed by atoms with E-state index in [0.717, 1.165) is 34.0 Å². The normalized spacial score (nSPS) is 14.6. The molecule has 0 bridgehead atoms. The third-order valence-corrected chi connectivity index (χ3v) is 7.20. The predicted molar refractivity (Wildman–Crippen MR) is 128 cm³/mol. The van der Waals surface area contributed by atoms with E-state index >= 15 is 0 Å². The average Bonchev–Trinajstić information content (AvgIpc) is 2.65. The number of ether oxygens (including phenoxy) is 1. The molecule has 1 nitrogen and oxygen atoms in total. The van der Waals surface area contributed by atoms with E-state index in [1.807, 2.05) is 48.5 Å². The summed E-state index contributed by atoms with van der Waals surface area (Å²) in [6.07, 6.45) is 1.50. The van der Waals surface area contributed by atoms with Crippen LogP contribution in [-0.4, -0.2) is 23.0 Å². The lowest BCUT2D eigenvalue weighted by Gasteiger charge is -2.44. The van der Waals surface area contributed by atoms with E-state index in [1.165, 1.54) is 0 Å². The third kappa shape index (κ3) is 6.77. The van der Waals surface area contributed by atoms with Gasteiger partial charge >= 0.3 is 0 Å². The van der Waals surface area contributed by atoms with Crippen molar-refractivity contribution in [2.75, 3.05) is 11.8 Å². The number of benzene rings is 2. The Hall–Kier alpha value is -0.440. The fourth-order valence-corrected chi connectivity index (χ4v) is 5.06. The fraction of sp³-hybridized carbons (Fsp3) is 0.500. The number of halogens is 4. The molecule has 5 heteroatoms. The van der Waals surface area contributed by atoms with Gasteiger partial charge in [0.25, 0.3) is 0 Å². The molecule has 2 aromatic rings. The van der Waals surface area contributed by atoms with Gasteiger partial charge in [0.05, 0.1) is 11.2 Å². The van der Waals surface area contributed by atoms with Gasteiger partial charge in [-0.15, -0.1) is 23.2 Å². The quantitative estimate of drug-likeness (QED) is 0.315. The van der Waals surface area contributed by atoms with Crippen molar-refractivity contribution in [1.82, 2.24) is 0 Å².